The molecule has 4 aromatic carbocycles. The minimum absolute atomic E-state index is 0.129. The van der Waals surface area contributed by atoms with Gasteiger partial charge in [0.2, 0.25) is 0 Å². The van der Waals surface area contributed by atoms with Gasteiger partial charge in [0.1, 0.15) is 6.61 Å². The number of carbonyl (C=O) groups is 1. The molecular formula is C49H57BrN4O4Si. The fraction of sp³-hybridized carbons (Fsp3) is 0.347. The van der Waals surface area contributed by atoms with E-state index in [4.69, 9.17) is 14.5 Å². The minimum Gasteiger partial charge on any atom is -0.445 e. The van der Waals surface area contributed by atoms with Crippen molar-refractivity contribution in [3.05, 3.63) is 143 Å². The lowest BCUT2D eigenvalue weighted by molar-refractivity contribution is 0.0941. The third kappa shape index (κ3) is 9.21. The van der Waals surface area contributed by atoms with E-state index in [1.165, 1.54) is 10.9 Å². The summed E-state index contributed by atoms with van der Waals surface area (Å²) in [5.41, 5.74) is 7.06. The van der Waals surface area contributed by atoms with Gasteiger partial charge in [-0.3, -0.25) is 4.98 Å². The molecule has 308 valence electrons. The molecule has 2 aromatic heterocycles. The highest BCUT2D eigenvalue weighted by Crippen LogP contribution is 2.46. The van der Waals surface area contributed by atoms with Crippen molar-refractivity contribution in [2.75, 3.05) is 38.2 Å². The quantitative estimate of drug-likeness (QED) is 0.106. The van der Waals surface area contributed by atoms with Crippen LogP contribution in [0, 0.1) is 5.41 Å². The average Bonchev–Trinajstić information content (AvgIpc) is 3.61. The molecule has 2 N–H and O–H groups in total. The number of H-pyrrole nitrogens is 1. The van der Waals surface area contributed by atoms with Crippen LogP contribution in [-0.2, 0) is 22.5 Å². The number of anilines is 1. The zero-order valence-electron chi connectivity index (χ0n) is 35.2. The Balaban J connectivity index is 1.17. The second kappa shape index (κ2) is 17.9. The topological polar surface area (TPSA) is 90.9 Å². The van der Waals surface area contributed by atoms with E-state index >= 15 is 0 Å². The molecule has 0 bridgehead atoms. The third-order valence-electron chi connectivity index (χ3n) is 12.3. The van der Waals surface area contributed by atoms with Gasteiger partial charge >= 0.3 is 6.09 Å². The summed E-state index contributed by atoms with van der Waals surface area (Å²) < 4.78 is 12.6. The lowest BCUT2D eigenvalue weighted by Crippen LogP contribution is -2.65. The summed E-state index contributed by atoms with van der Waals surface area (Å²) in [7, 11) is -1.44. The summed E-state index contributed by atoms with van der Waals surface area (Å²) >= 11 is 3.77. The van der Waals surface area contributed by atoms with E-state index in [1.54, 1.807) is 12.0 Å². The van der Waals surface area contributed by atoms with Crippen molar-refractivity contribution >= 4 is 57.3 Å². The normalized spacial score (nSPS) is 14.4. The molecular weight excluding hydrogens is 817 g/mol. The van der Waals surface area contributed by atoms with Crippen molar-refractivity contribution in [2.45, 2.75) is 71.6 Å². The van der Waals surface area contributed by atoms with E-state index in [0.29, 0.717) is 26.2 Å². The third-order valence-corrected chi connectivity index (χ3v) is 17.4. The second-order valence-corrected chi connectivity index (χ2v) is 22.2. The number of benzene rings is 4. The zero-order valence-corrected chi connectivity index (χ0v) is 37.8. The van der Waals surface area contributed by atoms with Crippen LogP contribution in [-0.4, -0.2) is 67.4 Å². The number of pyridine rings is 1. The summed E-state index contributed by atoms with van der Waals surface area (Å²) in [4.78, 5) is 38.9. The van der Waals surface area contributed by atoms with E-state index in [0.717, 1.165) is 67.8 Å². The highest BCUT2D eigenvalue weighted by Gasteiger charge is 2.50. The van der Waals surface area contributed by atoms with Gasteiger partial charge in [0.15, 0.2) is 0 Å². The Kier molecular flexibility index (Phi) is 12.8. The predicted octanol–water partition coefficient (Wildman–Crippen LogP) is 10.0. The molecule has 0 spiro atoms. The van der Waals surface area contributed by atoms with Gasteiger partial charge in [-0.15, -0.1) is 0 Å². The molecule has 1 aliphatic heterocycles. The average molecular weight is 874 g/mol. The summed E-state index contributed by atoms with van der Waals surface area (Å²) in [6.45, 7) is 14.0. The first kappa shape index (κ1) is 42.4. The number of fused-ring (bicyclic) bond motifs is 1. The summed E-state index contributed by atoms with van der Waals surface area (Å²) in [6, 6.07) is 39.1. The first-order valence-electron chi connectivity index (χ1n) is 20.7. The van der Waals surface area contributed by atoms with Gasteiger partial charge in [0.25, 0.3) is 8.32 Å². The number of rotatable bonds is 14. The lowest BCUT2D eigenvalue weighted by atomic mass is 9.78. The Morgan fingerprint density at radius 1 is 0.864 bits per heavy atom. The molecule has 8 nitrogen and oxygen atoms in total. The molecule has 1 amide bonds. The molecule has 59 heavy (non-hydrogen) atoms. The number of methoxy groups -OCH3 is 1. The fourth-order valence-electron chi connectivity index (χ4n) is 8.57. The van der Waals surface area contributed by atoms with E-state index in [2.05, 4.69) is 102 Å². The number of aromatic amines is 1. The van der Waals surface area contributed by atoms with E-state index < -0.39 is 8.32 Å². The maximum Gasteiger partial charge on any atom is 0.410 e. The van der Waals surface area contributed by atoms with Crippen LogP contribution in [0.25, 0.3) is 22.2 Å². The molecule has 1 fully saturated rings. The number of aromatic nitrogens is 2. The van der Waals surface area contributed by atoms with Crippen LogP contribution in [0.4, 0.5) is 10.5 Å². The number of ether oxygens (including phenoxy) is 2. The highest BCUT2D eigenvalue weighted by molar-refractivity contribution is 9.10. The lowest BCUT2D eigenvalue weighted by Gasteiger charge is -2.43. The first-order chi connectivity index (χ1) is 28.3. The van der Waals surface area contributed by atoms with Crippen LogP contribution in [0.5, 0.6) is 0 Å². The number of halogens is 1. The van der Waals surface area contributed by atoms with Crippen LogP contribution in [0.3, 0.4) is 0 Å². The maximum atomic E-state index is 13.0. The van der Waals surface area contributed by atoms with Crippen LogP contribution >= 0.6 is 15.9 Å². The van der Waals surface area contributed by atoms with Crippen molar-refractivity contribution in [2.24, 2.45) is 5.41 Å². The molecule has 0 radical (unpaired) electrons. The molecule has 1 aliphatic rings. The molecule has 10 heteroatoms. The molecule has 0 aliphatic carbocycles. The van der Waals surface area contributed by atoms with Crippen molar-refractivity contribution in [3.8, 4) is 11.3 Å². The van der Waals surface area contributed by atoms with Crippen LogP contribution < -0.4 is 15.3 Å². The van der Waals surface area contributed by atoms with Gasteiger partial charge in [-0.1, -0.05) is 135 Å². The standard InChI is InChI=1S/C49H57BrN4O4Si/c1-35(57-6)45-42(31-38(33-51-45)53-26-28-54(29-27-53)47(55)58-34-36-16-10-7-11-17-36)46-43(41-30-37(50)22-23-44(41)52-46)32-48(2,3)24-25-49(4,5)59(56,39-18-12-8-13-19-39)40-20-14-9-15-21-40/h7-23,30-31,33,35,52,56H,24-29,32,34H2,1-6H3/t35-/m0/s1. The number of nitrogens with one attached hydrogen (secondary N) is 1. The molecule has 0 unspecified atom stereocenters. The van der Waals surface area contributed by atoms with Crippen molar-refractivity contribution in [1.29, 1.82) is 0 Å². The number of piperazine rings is 1. The number of amides is 1. The maximum absolute atomic E-state index is 13.0. The Labute approximate surface area is 358 Å². The van der Waals surface area contributed by atoms with Crippen LogP contribution in [0.1, 0.15) is 70.4 Å². The first-order valence-corrected chi connectivity index (χ1v) is 23.4. The smallest absolute Gasteiger partial charge is 0.410 e. The number of nitrogens with zero attached hydrogens (tertiary/aromatic N) is 3. The minimum atomic E-state index is -3.17. The zero-order chi connectivity index (χ0) is 41.8. The monoisotopic (exact) mass is 872 g/mol. The SMILES string of the molecule is CO[C@@H](C)c1ncc(N2CCN(C(=O)OCc3ccccc3)CC2)cc1-c1[nH]c2ccc(Br)cc2c1CC(C)(C)CCC(C)(C)[Si](O)(c1ccccc1)c1ccccc1. The van der Waals surface area contributed by atoms with Gasteiger partial charge < -0.3 is 29.1 Å². The van der Waals surface area contributed by atoms with Crippen molar-refractivity contribution < 1.29 is 19.1 Å². The number of carbonyl (C=O) groups excluding carboxylic acids is 1. The highest BCUT2D eigenvalue weighted by atomic mass is 79.9. The van der Waals surface area contributed by atoms with Gasteiger partial charge in [-0.25, -0.2) is 4.79 Å². The molecule has 0 saturated carbocycles. The molecule has 7 rings (SSSR count). The molecule has 6 aromatic rings. The fourth-order valence-corrected chi connectivity index (χ4v) is 12.7. The number of hydrogen-bond donors (Lipinski definition) is 2. The second-order valence-electron chi connectivity index (χ2n) is 17.4. The molecule has 1 atom stereocenters. The summed E-state index contributed by atoms with van der Waals surface area (Å²) in [5, 5.41) is 2.88. The van der Waals surface area contributed by atoms with E-state index in [-0.39, 0.29) is 29.3 Å². The van der Waals surface area contributed by atoms with Gasteiger partial charge in [-0.05, 0) is 82.4 Å². The van der Waals surface area contributed by atoms with Crippen LogP contribution in [0.2, 0.25) is 5.04 Å². The number of hydrogen-bond acceptors (Lipinski definition) is 6. The largest absolute Gasteiger partial charge is 0.445 e. The Morgan fingerprint density at radius 3 is 2.08 bits per heavy atom. The van der Waals surface area contributed by atoms with Crippen molar-refractivity contribution in [3.63, 3.8) is 0 Å². The van der Waals surface area contributed by atoms with Crippen LogP contribution in [0.15, 0.2) is 126 Å². The van der Waals surface area contributed by atoms with Gasteiger partial charge in [0.05, 0.1) is 29.4 Å². The van der Waals surface area contributed by atoms with E-state index in [9.17, 15) is 9.59 Å². The van der Waals surface area contributed by atoms with Crippen molar-refractivity contribution in [1.82, 2.24) is 14.9 Å². The summed E-state index contributed by atoms with van der Waals surface area (Å²) in [5.74, 6) is 0. The molecule has 1 saturated heterocycles. The Bertz CT molecular complexity index is 2310. The Hall–Kier alpha value is -4.74. The van der Waals surface area contributed by atoms with E-state index in [1.807, 2.05) is 79.9 Å². The Morgan fingerprint density at radius 2 is 1.47 bits per heavy atom. The summed E-state index contributed by atoms with van der Waals surface area (Å²) in [6.07, 6.45) is 3.97. The predicted molar refractivity (Wildman–Crippen MR) is 246 cm³/mol. The van der Waals surface area contributed by atoms with Gasteiger partial charge in [0, 0.05) is 54.2 Å². The molecule has 3 heterocycles. The van der Waals surface area contributed by atoms with Gasteiger partial charge in [-0.2, -0.15) is 0 Å².